The molecular weight excluding hydrogens is 305 g/mol. The van der Waals surface area contributed by atoms with E-state index in [4.69, 9.17) is 16.7 Å². The Labute approximate surface area is 124 Å². The summed E-state index contributed by atoms with van der Waals surface area (Å²) in [4.78, 5) is 11.3. The molecular formula is C15H12ClF3O2. The first kappa shape index (κ1) is 15.6. The van der Waals surface area contributed by atoms with Crippen LogP contribution in [-0.4, -0.2) is 17.3 Å². The maximum absolute atomic E-state index is 12.8. The first-order valence-electron chi connectivity index (χ1n) is 6.19. The van der Waals surface area contributed by atoms with Crippen LogP contribution in [0.5, 0.6) is 0 Å². The molecule has 0 saturated heterocycles. The van der Waals surface area contributed by atoms with Crippen molar-refractivity contribution >= 4 is 28.3 Å². The lowest BCUT2D eigenvalue weighted by molar-refractivity contribution is -0.183. The molecule has 21 heavy (non-hydrogen) atoms. The molecule has 2 atom stereocenters. The van der Waals surface area contributed by atoms with Crippen molar-refractivity contribution in [3.05, 3.63) is 47.0 Å². The molecule has 0 aliphatic rings. The molecule has 0 amide bonds. The number of carboxylic acids is 1. The molecule has 2 rings (SSSR count). The minimum absolute atomic E-state index is 0.113. The maximum Gasteiger partial charge on any atom is 0.392 e. The molecule has 0 aromatic heterocycles. The monoisotopic (exact) mass is 316 g/mol. The Bertz CT molecular complexity index is 682. The molecule has 2 unspecified atom stereocenters. The Kier molecular flexibility index (Phi) is 4.14. The van der Waals surface area contributed by atoms with E-state index >= 15 is 0 Å². The van der Waals surface area contributed by atoms with Crippen molar-refractivity contribution < 1.29 is 23.1 Å². The van der Waals surface area contributed by atoms with Crippen molar-refractivity contribution in [1.82, 2.24) is 0 Å². The van der Waals surface area contributed by atoms with E-state index < -0.39 is 24.0 Å². The van der Waals surface area contributed by atoms with Crippen molar-refractivity contribution in [2.45, 2.75) is 19.0 Å². The van der Waals surface area contributed by atoms with Crippen LogP contribution in [0, 0.1) is 5.92 Å². The molecule has 0 aliphatic carbocycles. The van der Waals surface area contributed by atoms with Gasteiger partial charge in [-0.15, -0.1) is 0 Å². The van der Waals surface area contributed by atoms with Crippen LogP contribution in [0.15, 0.2) is 36.4 Å². The SMILES string of the molecule is CC(C(C(=O)O)c1ccc2ccc(Cl)cc2c1)C(F)(F)F. The number of fused-ring (bicyclic) bond motifs is 1. The van der Waals surface area contributed by atoms with Gasteiger partial charge < -0.3 is 5.11 Å². The van der Waals surface area contributed by atoms with Gasteiger partial charge in [0, 0.05) is 5.02 Å². The highest BCUT2D eigenvalue weighted by atomic mass is 35.5. The number of carbonyl (C=O) groups is 1. The summed E-state index contributed by atoms with van der Waals surface area (Å²) in [5, 5.41) is 11.0. The topological polar surface area (TPSA) is 37.3 Å². The largest absolute Gasteiger partial charge is 0.481 e. The van der Waals surface area contributed by atoms with Crippen LogP contribution in [0.4, 0.5) is 13.2 Å². The summed E-state index contributed by atoms with van der Waals surface area (Å²) in [6.07, 6.45) is -4.58. The van der Waals surface area contributed by atoms with Gasteiger partial charge in [0.05, 0.1) is 11.8 Å². The van der Waals surface area contributed by atoms with Crippen molar-refractivity contribution in [3.8, 4) is 0 Å². The third kappa shape index (κ3) is 3.29. The quantitative estimate of drug-likeness (QED) is 0.878. The Balaban J connectivity index is 2.53. The number of hydrogen-bond donors (Lipinski definition) is 1. The van der Waals surface area contributed by atoms with Crippen LogP contribution >= 0.6 is 11.6 Å². The fourth-order valence-corrected chi connectivity index (χ4v) is 2.44. The van der Waals surface area contributed by atoms with Crippen LogP contribution in [0.2, 0.25) is 5.02 Å². The van der Waals surface area contributed by atoms with Gasteiger partial charge in [0.2, 0.25) is 0 Å². The van der Waals surface area contributed by atoms with Gasteiger partial charge in [0.15, 0.2) is 0 Å². The van der Waals surface area contributed by atoms with Gasteiger partial charge in [-0.3, -0.25) is 4.79 Å². The zero-order chi connectivity index (χ0) is 15.8. The van der Waals surface area contributed by atoms with Crippen molar-refractivity contribution in [2.75, 3.05) is 0 Å². The molecule has 0 radical (unpaired) electrons. The van der Waals surface area contributed by atoms with E-state index in [0.717, 1.165) is 12.3 Å². The van der Waals surface area contributed by atoms with Gasteiger partial charge in [-0.25, -0.2) is 0 Å². The summed E-state index contributed by atoms with van der Waals surface area (Å²) < 4.78 is 38.5. The number of benzene rings is 2. The van der Waals surface area contributed by atoms with E-state index in [-0.39, 0.29) is 5.56 Å². The maximum atomic E-state index is 12.8. The highest BCUT2D eigenvalue weighted by Crippen LogP contribution is 2.38. The highest BCUT2D eigenvalue weighted by Gasteiger charge is 2.45. The standard InChI is InChI=1S/C15H12ClF3O2/c1-8(15(17,18)19)13(14(20)21)10-3-2-9-4-5-12(16)7-11(9)6-10/h2-8,13H,1H3,(H,20,21). The van der Waals surface area contributed by atoms with E-state index in [1.54, 1.807) is 24.3 Å². The lowest BCUT2D eigenvalue weighted by Gasteiger charge is -2.23. The summed E-state index contributed by atoms with van der Waals surface area (Å²) in [6.45, 7) is 0.876. The molecule has 2 nitrogen and oxygen atoms in total. The molecule has 0 saturated carbocycles. The van der Waals surface area contributed by atoms with Crippen LogP contribution < -0.4 is 0 Å². The van der Waals surface area contributed by atoms with Gasteiger partial charge in [-0.2, -0.15) is 13.2 Å². The van der Waals surface area contributed by atoms with Crippen molar-refractivity contribution in [3.63, 3.8) is 0 Å². The number of halogens is 4. The van der Waals surface area contributed by atoms with Gasteiger partial charge in [-0.1, -0.05) is 42.8 Å². The summed E-state index contributed by atoms with van der Waals surface area (Å²) in [7, 11) is 0. The predicted octanol–water partition coefficient (Wildman–Crippen LogP) is 4.86. The Hall–Kier alpha value is -1.75. The van der Waals surface area contributed by atoms with Crippen LogP contribution in [0.25, 0.3) is 10.8 Å². The molecule has 0 fully saturated rings. The summed E-state index contributed by atoms with van der Waals surface area (Å²) in [5.41, 5.74) is 0.113. The van der Waals surface area contributed by atoms with Gasteiger partial charge in [0.1, 0.15) is 0 Å². The highest BCUT2D eigenvalue weighted by molar-refractivity contribution is 6.31. The Morgan fingerprint density at radius 3 is 2.33 bits per heavy atom. The normalized spacial score (nSPS) is 14.9. The number of hydrogen-bond acceptors (Lipinski definition) is 1. The van der Waals surface area contributed by atoms with Crippen molar-refractivity contribution in [1.29, 1.82) is 0 Å². The number of alkyl halides is 3. The molecule has 1 N–H and O–H groups in total. The minimum Gasteiger partial charge on any atom is -0.481 e. The third-order valence-corrected chi connectivity index (χ3v) is 3.70. The fourth-order valence-electron chi connectivity index (χ4n) is 2.26. The second-order valence-corrected chi connectivity index (χ2v) is 5.33. The third-order valence-electron chi connectivity index (χ3n) is 3.47. The molecule has 0 spiro atoms. The zero-order valence-corrected chi connectivity index (χ0v) is 11.7. The van der Waals surface area contributed by atoms with Gasteiger partial charge >= 0.3 is 12.1 Å². The fraction of sp³-hybridized carbons (Fsp3) is 0.267. The van der Waals surface area contributed by atoms with E-state index in [0.29, 0.717) is 10.4 Å². The summed E-state index contributed by atoms with van der Waals surface area (Å²) >= 11 is 5.85. The molecule has 2 aromatic carbocycles. The van der Waals surface area contributed by atoms with Crippen molar-refractivity contribution in [2.24, 2.45) is 5.92 Å². The zero-order valence-electron chi connectivity index (χ0n) is 11.0. The molecule has 6 heteroatoms. The average Bonchev–Trinajstić information content (AvgIpc) is 2.36. The van der Waals surface area contributed by atoms with Gasteiger partial charge in [-0.05, 0) is 28.5 Å². The average molecular weight is 317 g/mol. The number of rotatable bonds is 3. The summed E-state index contributed by atoms with van der Waals surface area (Å²) in [5.74, 6) is -5.12. The van der Waals surface area contributed by atoms with Crippen LogP contribution in [-0.2, 0) is 4.79 Å². The molecule has 0 aliphatic heterocycles. The number of carboxylic acid groups (broad SMARTS) is 1. The second-order valence-electron chi connectivity index (χ2n) is 4.90. The minimum atomic E-state index is -4.58. The van der Waals surface area contributed by atoms with Crippen LogP contribution in [0.3, 0.4) is 0 Å². The van der Waals surface area contributed by atoms with Gasteiger partial charge in [0.25, 0.3) is 0 Å². The first-order chi connectivity index (χ1) is 9.70. The number of aliphatic carboxylic acids is 1. The Morgan fingerprint density at radius 1 is 1.14 bits per heavy atom. The molecule has 2 aromatic rings. The van der Waals surface area contributed by atoms with Crippen LogP contribution in [0.1, 0.15) is 18.4 Å². The smallest absolute Gasteiger partial charge is 0.392 e. The molecule has 112 valence electrons. The van der Waals surface area contributed by atoms with E-state index in [1.165, 1.54) is 12.1 Å². The second kappa shape index (κ2) is 5.56. The molecule has 0 heterocycles. The predicted molar refractivity (Wildman–Crippen MR) is 74.6 cm³/mol. The first-order valence-corrected chi connectivity index (χ1v) is 6.56. The lowest BCUT2D eigenvalue weighted by Crippen LogP contribution is -2.31. The molecule has 0 bridgehead atoms. The van der Waals surface area contributed by atoms with E-state index in [9.17, 15) is 18.0 Å². The summed E-state index contributed by atoms with van der Waals surface area (Å²) in [6, 6.07) is 9.44. The van der Waals surface area contributed by atoms with E-state index in [2.05, 4.69) is 0 Å². The Morgan fingerprint density at radius 2 is 1.76 bits per heavy atom. The lowest BCUT2D eigenvalue weighted by atomic mass is 9.86. The van der Waals surface area contributed by atoms with E-state index in [1.807, 2.05) is 0 Å².